The number of rotatable bonds is 2. The van der Waals surface area contributed by atoms with Gasteiger partial charge in [0.15, 0.2) is 0 Å². The number of carbonyl (C=O) groups excluding carboxylic acids is 1. The van der Waals surface area contributed by atoms with Crippen molar-refractivity contribution < 1.29 is 19.4 Å². The molecule has 1 aliphatic carbocycles. The number of aliphatic hydroxyl groups excluding tert-OH is 1. The van der Waals surface area contributed by atoms with E-state index < -0.39 is 18.4 Å². The van der Waals surface area contributed by atoms with E-state index in [1.807, 2.05) is 6.07 Å². The van der Waals surface area contributed by atoms with E-state index >= 15 is 0 Å². The molecule has 4 heteroatoms. The standard InChI is InChI=1S/C12H12O4/c13-9-6-7-11(8-9)16-12(14)15-10-4-2-1-3-5-10/h1-7,9,11,13H,8H2. The molecule has 0 saturated heterocycles. The van der Waals surface area contributed by atoms with E-state index in [2.05, 4.69) is 0 Å². The van der Waals surface area contributed by atoms with E-state index in [0.717, 1.165) is 0 Å². The van der Waals surface area contributed by atoms with Crippen LogP contribution in [0, 0.1) is 0 Å². The van der Waals surface area contributed by atoms with Crippen molar-refractivity contribution in [1.82, 2.24) is 0 Å². The first-order chi connectivity index (χ1) is 7.74. The summed E-state index contributed by atoms with van der Waals surface area (Å²) in [6, 6.07) is 8.69. The summed E-state index contributed by atoms with van der Waals surface area (Å²) >= 11 is 0. The normalized spacial score (nSPS) is 23.1. The third kappa shape index (κ3) is 2.84. The molecule has 0 amide bonds. The highest BCUT2D eigenvalue weighted by Gasteiger charge is 2.21. The van der Waals surface area contributed by atoms with Crippen molar-refractivity contribution in [3.8, 4) is 5.75 Å². The lowest BCUT2D eigenvalue weighted by Gasteiger charge is -2.10. The number of benzene rings is 1. The minimum atomic E-state index is -0.755. The van der Waals surface area contributed by atoms with Crippen LogP contribution < -0.4 is 4.74 Å². The van der Waals surface area contributed by atoms with E-state index in [0.29, 0.717) is 12.2 Å². The number of hydrogen-bond donors (Lipinski definition) is 1. The number of aliphatic hydroxyl groups is 1. The fourth-order valence-electron chi connectivity index (χ4n) is 1.47. The van der Waals surface area contributed by atoms with Crippen LogP contribution in [0.3, 0.4) is 0 Å². The zero-order chi connectivity index (χ0) is 11.4. The second kappa shape index (κ2) is 4.81. The third-order valence-electron chi connectivity index (χ3n) is 2.21. The SMILES string of the molecule is O=C(Oc1ccccc1)OC1C=CC(O)C1. The van der Waals surface area contributed by atoms with Crippen LogP contribution in [0.15, 0.2) is 42.5 Å². The van der Waals surface area contributed by atoms with Crippen molar-refractivity contribution in [1.29, 1.82) is 0 Å². The zero-order valence-corrected chi connectivity index (χ0v) is 8.58. The highest BCUT2D eigenvalue weighted by molar-refractivity contribution is 5.64. The van der Waals surface area contributed by atoms with Crippen LogP contribution in [0.5, 0.6) is 5.75 Å². The molecule has 2 unspecified atom stereocenters. The fraction of sp³-hybridized carbons (Fsp3) is 0.250. The highest BCUT2D eigenvalue weighted by atomic mass is 16.7. The maximum atomic E-state index is 11.3. The van der Waals surface area contributed by atoms with Gasteiger partial charge in [-0.1, -0.05) is 24.3 Å². The van der Waals surface area contributed by atoms with Gasteiger partial charge in [-0.05, 0) is 18.2 Å². The average Bonchev–Trinajstić information content (AvgIpc) is 2.65. The van der Waals surface area contributed by atoms with Crippen LogP contribution in [-0.4, -0.2) is 23.5 Å². The molecule has 4 nitrogen and oxygen atoms in total. The molecule has 2 atom stereocenters. The molecule has 16 heavy (non-hydrogen) atoms. The van der Waals surface area contributed by atoms with E-state index in [4.69, 9.17) is 9.47 Å². The Morgan fingerprint density at radius 3 is 2.62 bits per heavy atom. The monoisotopic (exact) mass is 220 g/mol. The van der Waals surface area contributed by atoms with E-state index in [-0.39, 0.29) is 0 Å². The van der Waals surface area contributed by atoms with Gasteiger partial charge in [-0.15, -0.1) is 0 Å². The largest absolute Gasteiger partial charge is 0.514 e. The van der Waals surface area contributed by atoms with Gasteiger partial charge in [0.25, 0.3) is 0 Å². The smallest absolute Gasteiger partial charge is 0.426 e. The summed E-state index contributed by atoms with van der Waals surface area (Å²) in [4.78, 5) is 11.3. The Morgan fingerprint density at radius 2 is 2.00 bits per heavy atom. The summed E-state index contributed by atoms with van der Waals surface area (Å²) < 4.78 is 9.91. The summed E-state index contributed by atoms with van der Waals surface area (Å²) in [6.07, 6.45) is 1.96. The summed E-state index contributed by atoms with van der Waals surface area (Å²) in [7, 11) is 0. The summed E-state index contributed by atoms with van der Waals surface area (Å²) in [5, 5.41) is 9.18. The Labute approximate surface area is 93.1 Å². The first-order valence-corrected chi connectivity index (χ1v) is 5.04. The Morgan fingerprint density at radius 1 is 1.25 bits per heavy atom. The highest BCUT2D eigenvalue weighted by Crippen LogP contribution is 2.16. The van der Waals surface area contributed by atoms with E-state index in [9.17, 15) is 9.90 Å². The second-order valence-electron chi connectivity index (χ2n) is 3.51. The lowest BCUT2D eigenvalue weighted by atomic mass is 10.3. The summed E-state index contributed by atoms with van der Waals surface area (Å²) in [5.41, 5.74) is 0. The maximum absolute atomic E-state index is 11.3. The minimum Gasteiger partial charge on any atom is -0.426 e. The molecule has 0 heterocycles. The molecule has 0 saturated carbocycles. The lowest BCUT2D eigenvalue weighted by molar-refractivity contribution is 0.0647. The molecule has 0 aliphatic heterocycles. The van der Waals surface area contributed by atoms with Crippen LogP contribution in [0.25, 0.3) is 0 Å². The Hall–Kier alpha value is -1.81. The zero-order valence-electron chi connectivity index (χ0n) is 8.58. The molecule has 84 valence electrons. The van der Waals surface area contributed by atoms with Gasteiger partial charge in [0.1, 0.15) is 11.9 Å². The van der Waals surface area contributed by atoms with Gasteiger partial charge in [-0.25, -0.2) is 4.79 Å². The topological polar surface area (TPSA) is 55.8 Å². The van der Waals surface area contributed by atoms with Crippen molar-refractivity contribution >= 4 is 6.16 Å². The molecule has 1 aromatic carbocycles. The predicted molar refractivity (Wildman–Crippen MR) is 57.1 cm³/mol. The Balaban J connectivity index is 1.83. The minimum absolute atomic E-state index is 0.393. The molecule has 0 fully saturated rings. The molecule has 1 aromatic rings. The molecule has 0 radical (unpaired) electrons. The van der Waals surface area contributed by atoms with Gasteiger partial charge in [-0.3, -0.25) is 0 Å². The molecule has 2 rings (SSSR count). The van der Waals surface area contributed by atoms with Crippen molar-refractivity contribution in [2.24, 2.45) is 0 Å². The first-order valence-electron chi connectivity index (χ1n) is 5.04. The van der Waals surface area contributed by atoms with Crippen LogP contribution in [-0.2, 0) is 4.74 Å². The lowest BCUT2D eigenvalue weighted by Crippen LogP contribution is -2.19. The van der Waals surface area contributed by atoms with Crippen molar-refractivity contribution in [3.05, 3.63) is 42.5 Å². The molecule has 1 N–H and O–H groups in total. The molecular weight excluding hydrogens is 208 g/mol. The van der Waals surface area contributed by atoms with Gasteiger partial charge in [0.2, 0.25) is 0 Å². The number of hydrogen-bond acceptors (Lipinski definition) is 4. The van der Waals surface area contributed by atoms with Gasteiger partial charge in [0.05, 0.1) is 6.10 Å². The van der Waals surface area contributed by atoms with Gasteiger partial charge >= 0.3 is 6.16 Å². The van der Waals surface area contributed by atoms with Crippen molar-refractivity contribution in [3.63, 3.8) is 0 Å². The van der Waals surface area contributed by atoms with Gasteiger partial charge in [0, 0.05) is 6.42 Å². The number of carbonyl (C=O) groups is 1. The van der Waals surface area contributed by atoms with Crippen molar-refractivity contribution in [2.75, 3.05) is 0 Å². The molecule has 0 bridgehead atoms. The predicted octanol–water partition coefficient (Wildman–Crippen LogP) is 1.89. The van der Waals surface area contributed by atoms with E-state index in [1.54, 1.807) is 36.4 Å². The van der Waals surface area contributed by atoms with E-state index in [1.165, 1.54) is 0 Å². The quantitative estimate of drug-likeness (QED) is 0.469. The van der Waals surface area contributed by atoms with Crippen LogP contribution in [0.1, 0.15) is 6.42 Å². The Kier molecular flexibility index (Phi) is 3.22. The summed E-state index contributed by atoms with van der Waals surface area (Å²) in [5.74, 6) is 0.440. The van der Waals surface area contributed by atoms with Crippen LogP contribution >= 0.6 is 0 Å². The molecule has 0 spiro atoms. The maximum Gasteiger partial charge on any atom is 0.514 e. The third-order valence-corrected chi connectivity index (χ3v) is 2.21. The van der Waals surface area contributed by atoms with Crippen molar-refractivity contribution in [2.45, 2.75) is 18.6 Å². The van der Waals surface area contributed by atoms with Gasteiger partial charge in [-0.2, -0.15) is 0 Å². The second-order valence-corrected chi connectivity index (χ2v) is 3.51. The fourth-order valence-corrected chi connectivity index (χ4v) is 1.47. The summed E-state index contributed by atoms with van der Waals surface area (Å²) in [6.45, 7) is 0. The molecule has 0 aromatic heterocycles. The Bertz CT molecular complexity index is 385. The van der Waals surface area contributed by atoms with Gasteiger partial charge < -0.3 is 14.6 Å². The number of ether oxygens (including phenoxy) is 2. The van der Waals surface area contributed by atoms with Crippen LogP contribution in [0.4, 0.5) is 4.79 Å². The molecule has 1 aliphatic rings. The average molecular weight is 220 g/mol. The first kappa shape index (κ1) is 10.7. The molecular formula is C12H12O4. The number of para-hydroxylation sites is 1. The van der Waals surface area contributed by atoms with Crippen LogP contribution in [0.2, 0.25) is 0 Å².